The number of para-hydroxylation sites is 2. The second kappa shape index (κ2) is 7.31. The van der Waals surface area contributed by atoms with Crippen molar-refractivity contribution in [3.05, 3.63) is 24.3 Å². The molecule has 2 rings (SSSR count). The van der Waals surface area contributed by atoms with Crippen molar-refractivity contribution in [3.8, 4) is 0 Å². The zero-order valence-electron chi connectivity index (χ0n) is 12.0. The van der Waals surface area contributed by atoms with Crippen LogP contribution in [0.15, 0.2) is 29.3 Å². The van der Waals surface area contributed by atoms with E-state index in [1.54, 1.807) is 24.3 Å². The molecule has 1 aromatic rings. The molecule has 5 heteroatoms. The van der Waals surface area contributed by atoms with Crippen LogP contribution in [-0.4, -0.2) is 25.5 Å². The maximum absolute atomic E-state index is 12.7. The fourth-order valence-electron chi connectivity index (χ4n) is 2.14. The summed E-state index contributed by atoms with van der Waals surface area (Å²) in [5.41, 5.74) is 1.03. The summed E-state index contributed by atoms with van der Waals surface area (Å²) in [5.74, 6) is 0. The van der Waals surface area contributed by atoms with E-state index >= 15 is 0 Å². The number of rotatable bonds is 4. The van der Waals surface area contributed by atoms with Gasteiger partial charge in [-0.3, -0.25) is 4.99 Å². The van der Waals surface area contributed by atoms with Crippen molar-refractivity contribution in [2.75, 3.05) is 11.4 Å². The van der Waals surface area contributed by atoms with E-state index in [9.17, 15) is 13.2 Å². The summed E-state index contributed by atoms with van der Waals surface area (Å²) in [4.78, 5) is 5.21. The molecule has 0 heterocycles. The Bertz CT molecular complexity index is 425. The Morgan fingerprint density at radius 2 is 1.85 bits per heavy atom. The minimum atomic E-state index is -4.20. The van der Waals surface area contributed by atoms with E-state index in [1.165, 1.54) is 4.90 Å². The van der Waals surface area contributed by atoms with Gasteiger partial charge in [0.15, 0.2) is 0 Å². The summed E-state index contributed by atoms with van der Waals surface area (Å²) < 4.78 is 38.0. The maximum atomic E-state index is 12.7. The smallest absolute Gasteiger partial charge is 0.358 e. The second-order valence-electron chi connectivity index (χ2n) is 4.47. The van der Waals surface area contributed by atoms with Gasteiger partial charge in [0.2, 0.25) is 0 Å². The summed E-state index contributed by atoms with van der Waals surface area (Å²) in [6, 6.07) is 6.81. The van der Waals surface area contributed by atoms with Crippen LogP contribution in [0.25, 0.3) is 0 Å². The third kappa shape index (κ3) is 4.25. The minimum Gasteiger partial charge on any atom is -0.358 e. The standard InChI is InChI=1S/C13H15F3N2.C2H6/c1-17-11-7-2-3-8-12(11)18(9-13(14,15)16)10-5-4-6-10;1-2/h2-3,7-8,10H,1,4-6,9H2;1-2H3. The number of benzene rings is 1. The summed E-state index contributed by atoms with van der Waals surface area (Å²) in [7, 11) is 0. The molecule has 1 aliphatic rings. The van der Waals surface area contributed by atoms with Gasteiger partial charge in [-0.1, -0.05) is 26.0 Å². The summed E-state index contributed by atoms with van der Waals surface area (Å²) >= 11 is 0. The van der Waals surface area contributed by atoms with Crippen molar-refractivity contribution in [2.24, 2.45) is 4.99 Å². The van der Waals surface area contributed by atoms with Gasteiger partial charge in [0.05, 0.1) is 11.4 Å². The van der Waals surface area contributed by atoms with E-state index in [2.05, 4.69) is 11.7 Å². The lowest BCUT2D eigenvalue weighted by Crippen LogP contribution is -2.45. The topological polar surface area (TPSA) is 15.6 Å². The van der Waals surface area contributed by atoms with Crippen molar-refractivity contribution < 1.29 is 13.2 Å². The van der Waals surface area contributed by atoms with Gasteiger partial charge in [0, 0.05) is 6.04 Å². The number of nitrogens with zero attached hydrogens (tertiary/aromatic N) is 2. The van der Waals surface area contributed by atoms with Crippen molar-refractivity contribution >= 4 is 18.1 Å². The Hall–Kier alpha value is -1.52. The molecule has 20 heavy (non-hydrogen) atoms. The van der Waals surface area contributed by atoms with E-state index in [-0.39, 0.29) is 6.04 Å². The van der Waals surface area contributed by atoms with Crippen LogP contribution in [0, 0.1) is 0 Å². The first-order chi connectivity index (χ1) is 9.51. The van der Waals surface area contributed by atoms with Crippen molar-refractivity contribution in [3.63, 3.8) is 0 Å². The van der Waals surface area contributed by atoms with Gasteiger partial charge in [0.1, 0.15) is 6.54 Å². The average Bonchev–Trinajstić information content (AvgIpc) is 2.37. The number of hydrogen-bond donors (Lipinski definition) is 0. The molecule has 0 N–H and O–H groups in total. The van der Waals surface area contributed by atoms with Crippen LogP contribution in [0.4, 0.5) is 24.5 Å². The Morgan fingerprint density at radius 3 is 2.30 bits per heavy atom. The van der Waals surface area contributed by atoms with Gasteiger partial charge in [-0.25, -0.2) is 0 Å². The lowest BCUT2D eigenvalue weighted by atomic mass is 9.91. The molecule has 1 fully saturated rings. The Labute approximate surface area is 118 Å². The van der Waals surface area contributed by atoms with Crippen LogP contribution in [0.3, 0.4) is 0 Å². The van der Waals surface area contributed by atoms with Gasteiger partial charge in [-0.05, 0) is 38.1 Å². The number of aliphatic imine (C=N–C) groups is 1. The predicted molar refractivity (Wildman–Crippen MR) is 78.0 cm³/mol. The Balaban J connectivity index is 0.000000956. The highest BCUT2D eigenvalue weighted by Gasteiger charge is 2.36. The summed E-state index contributed by atoms with van der Waals surface area (Å²) in [6.45, 7) is 6.49. The highest BCUT2D eigenvalue weighted by Crippen LogP contribution is 2.37. The van der Waals surface area contributed by atoms with Crippen LogP contribution in [0.1, 0.15) is 33.1 Å². The van der Waals surface area contributed by atoms with Crippen LogP contribution in [0.5, 0.6) is 0 Å². The molecule has 1 aliphatic carbocycles. The fraction of sp³-hybridized carbons (Fsp3) is 0.533. The maximum Gasteiger partial charge on any atom is 0.405 e. The molecule has 0 aliphatic heterocycles. The summed E-state index contributed by atoms with van der Waals surface area (Å²) in [6.07, 6.45) is -1.60. The van der Waals surface area contributed by atoms with Crippen LogP contribution < -0.4 is 4.90 Å². The highest BCUT2D eigenvalue weighted by molar-refractivity contribution is 5.69. The molecule has 2 nitrogen and oxygen atoms in total. The molecular formula is C15H21F3N2. The van der Waals surface area contributed by atoms with E-state index < -0.39 is 12.7 Å². The quantitative estimate of drug-likeness (QED) is 0.714. The van der Waals surface area contributed by atoms with Gasteiger partial charge in [0.25, 0.3) is 0 Å². The monoisotopic (exact) mass is 286 g/mol. The fourth-order valence-corrected chi connectivity index (χ4v) is 2.14. The second-order valence-corrected chi connectivity index (χ2v) is 4.47. The molecule has 1 aromatic carbocycles. The van der Waals surface area contributed by atoms with Crippen molar-refractivity contribution in [2.45, 2.75) is 45.3 Å². The van der Waals surface area contributed by atoms with E-state index in [4.69, 9.17) is 0 Å². The normalized spacial score (nSPS) is 14.8. The van der Waals surface area contributed by atoms with Gasteiger partial charge in [-0.15, -0.1) is 0 Å². The number of halogens is 3. The van der Waals surface area contributed by atoms with Gasteiger partial charge in [-0.2, -0.15) is 13.2 Å². The number of alkyl halides is 3. The van der Waals surface area contributed by atoms with Crippen LogP contribution in [-0.2, 0) is 0 Å². The molecule has 0 unspecified atom stereocenters. The molecule has 0 atom stereocenters. The molecule has 0 saturated heterocycles. The molecule has 112 valence electrons. The lowest BCUT2D eigenvalue weighted by molar-refractivity contribution is -0.121. The number of hydrogen-bond acceptors (Lipinski definition) is 2. The Morgan fingerprint density at radius 1 is 1.25 bits per heavy atom. The van der Waals surface area contributed by atoms with Crippen molar-refractivity contribution in [1.82, 2.24) is 0 Å². The van der Waals surface area contributed by atoms with Gasteiger partial charge >= 0.3 is 6.18 Å². The third-order valence-electron chi connectivity index (χ3n) is 3.23. The molecule has 0 spiro atoms. The first kappa shape index (κ1) is 16.5. The predicted octanol–water partition coefficient (Wildman–Crippen LogP) is 4.97. The highest BCUT2D eigenvalue weighted by atomic mass is 19.4. The first-order valence-corrected chi connectivity index (χ1v) is 6.90. The summed E-state index contributed by atoms with van der Waals surface area (Å²) in [5, 5.41) is 0. The van der Waals surface area contributed by atoms with Gasteiger partial charge < -0.3 is 4.90 Å². The molecule has 1 saturated carbocycles. The largest absolute Gasteiger partial charge is 0.405 e. The first-order valence-electron chi connectivity index (χ1n) is 6.90. The van der Waals surface area contributed by atoms with E-state index in [0.29, 0.717) is 11.4 Å². The number of anilines is 1. The van der Waals surface area contributed by atoms with Crippen LogP contribution in [0.2, 0.25) is 0 Å². The molecular weight excluding hydrogens is 265 g/mol. The zero-order valence-corrected chi connectivity index (χ0v) is 12.0. The minimum absolute atomic E-state index is 0.0328. The molecule has 0 radical (unpaired) electrons. The van der Waals surface area contributed by atoms with E-state index in [0.717, 1.165) is 19.3 Å². The lowest BCUT2D eigenvalue weighted by Gasteiger charge is -2.40. The van der Waals surface area contributed by atoms with Crippen molar-refractivity contribution in [1.29, 1.82) is 0 Å². The van der Waals surface area contributed by atoms with E-state index in [1.807, 2.05) is 13.8 Å². The Kier molecular flexibility index (Phi) is 6.05. The van der Waals surface area contributed by atoms with Crippen LogP contribution >= 0.6 is 0 Å². The molecule has 0 bridgehead atoms. The molecule has 0 amide bonds. The molecule has 0 aromatic heterocycles. The zero-order chi connectivity index (χ0) is 15.2. The third-order valence-corrected chi connectivity index (χ3v) is 3.23. The average molecular weight is 286 g/mol. The SMILES string of the molecule is C=Nc1ccccc1N(CC(F)(F)F)C1CCC1.CC.